The van der Waals surface area contributed by atoms with Gasteiger partial charge in [-0.25, -0.2) is 0 Å². The number of aromatic nitrogens is 2. The molecule has 2 aromatic carbocycles. The molecule has 3 aromatic rings. The first kappa shape index (κ1) is 19.8. The second kappa shape index (κ2) is 7.86. The maximum absolute atomic E-state index is 10.6. The number of fused-ring (bicyclic) bond motifs is 1. The number of phenolic OH excluding ortho intramolecular Hbond substituents is 1. The molecule has 3 heterocycles. The third kappa shape index (κ3) is 3.84. The van der Waals surface area contributed by atoms with Crippen molar-refractivity contribution in [3.8, 4) is 28.7 Å². The molecular formula is C23H25N3O5. The Morgan fingerprint density at radius 1 is 1.16 bits per heavy atom. The molecule has 2 aliphatic heterocycles. The van der Waals surface area contributed by atoms with Gasteiger partial charge >= 0.3 is 0 Å². The Morgan fingerprint density at radius 3 is 2.77 bits per heavy atom. The van der Waals surface area contributed by atoms with Crippen LogP contribution < -0.4 is 9.47 Å². The van der Waals surface area contributed by atoms with E-state index in [1.54, 1.807) is 18.2 Å². The zero-order valence-corrected chi connectivity index (χ0v) is 17.3. The summed E-state index contributed by atoms with van der Waals surface area (Å²) in [5.41, 5.74) is 1.24. The number of piperidine rings is 1. The van der Waals surface area contributed by atoms with Crippen molar-refractivity contribution < 1.29 is 24.1 Å². The highest BCUT2D eigenvalue weighted by Crippen LogP contribution is 2.44. The Labute approximate surface area is 180 Å². The molecule has 0 radical (unpaired) electrons. The predicted octanol–water partition coefficient (Wildman–Crippen LogP) is 3.30. The molecule has 8 nitrogen and oxygen atoms in total. The molecule has 2 aliphatic rings. The van der Waals surface area contributed by atoms with E-state index in [4.69, 9.17) is 13.9 Å². The molecule has 0 amide bonds. The first-order chi connectivity index (χ1) is 15.0. The summed E-state index contributed by atoms with van der Waals surface area (Å²) in [6.07, 6.45) is 1.78. The molecule has 0 saturated carbocycles. The van der Waals surface area contributed by atoms with Crippen LogP contribution in [0.4, 0.5) is 0 Å². The molecule has 1 atom stereocenters. The van der Waals surface area contributed by atoms with Gasteiger partial charge in [-0.15, -0.1) is 10.2 Å². The van der Waals surface area contributed by atoms with Gasteiger partial charge in [0.25, 0.3) is 0 Å². The van der Waals surface area contributed by atoms with Crippen molar-refractivity contribution in [3.05, 3.63) is 53.9 Å². The van der Waals surface area contributed by atoms with Gasteiger partial charge in [0.05, 0.1) is 19.8 Å². The minimum absolute atomic E-state index is 0.0610. The Hall–Kier alpha value is -3.10. The van der Waals surface area contributed by atoms with E-state index in [9.17, 15) is 10.2 Å². The van der Waals surface area contributed by atoms with Crippen LogP contribution >= 0.6 is 0 Å². The smallest absolute Gasteiger partial charge is 0.247 e. The molecule has 162 valence electrons. The molecule has 0 aliphatic carbocycles. The first-order valence-corrected chi connectivity index (χ1v) is 10.4. The van der Waals surface area contributed by atoms with Crippen LogP contribution in [0.25, 0.3) is 11.5 Å². The van der Waals surface area contributed by atoms with Crippen LogP contribution in [-0.2, 0) is 6.54 Å². The van der Waals surface area contributed by atoms with Crippen molar-refractivity contribution in [2.45, 2.75) is 37.5 Å². The predicted molar refractivity (Wildman–Crippen MR) is 112 cm³/mol. The number of aromatic hydroxyl groups is 1. The van der Waals surface area contributed by atoms with E-state index in [1.165, 1.54) is 7.11 Å². The van der Waals surface area contributed by atoms with Crippen molar-refractivity contribution in [2.24, 2.45) is 0 Å². The Bertz CT molecular complexity index is 1070. The number of hydrogen-bond donors (Lipinski definition) is 2. The largest absolute Gasteiger partial charge is 0.504 e. The lowest BCUT2D eigenvalue weighted by molar-refractivity contribution is -0.0560. The van der Waals surface area contributed by atoms with Crippen LogP contribution in [0.5, 0.6) is 17.2 Å². The first-order valence-electron chi connectivity index (χ1n) is 10.4. The number of rotatable bonds is 4. The second-order valence-corrected chi connectivity index (χ2v) is 8.21. The highest BCUT2D eigenvalue weighted by Gasteiger charge is 2.42. The fraction of sp³-hybridized carbons (Fsp3) is 0.391. The average Bonchev–Trinajstić information content (AvgIpc) is 3.24. The Kier molecular flexibility index (Phi) is 5.03. The van der Waals surface area contributed by atoms with Gasteiger partial charge in [0.1, 0.15) is 11.4 Å². The van der Waals surface area contributed by atoms with Crippen molar-refractivity contribution in [2.75, 3.05) is 20.2 Å². The molecule has 31 heavy (non-hydrogen) atoms. The van der Waals surface area contributed by atoms with Gasteiger partial charge in [0.15, 0.2) is 11.5 Å². The zero-order chi connectivity index (χ0) is 21.4. The fourth-order valence-electron chi connectivity index (χ4n) is 4.45. The second-order valence-electron chi connectivity index (χ2n) is 8.21. The van der Waals surface area contributed by atoms with E-state index in [2.05, 4.69) is 15.1 Å². The highest BCUT2D eigenvalue weighted by molar-refractivity contribution is 5.59. The van der Waals surface area contributed by atoms with Gasteiger partial charge < -0.3 is 24.1 Å². The van der Waals surface area contributed by atoms with Crippen LogP contribution in [-0.4, -0.2) is 51.1 Å². The number of hydrogen-bond acceptors (Lipinski definition) is 8. The average molecular weight is 423 g/mol. The number of methoxy groups -OCH3 is 1. The quantitative estimate of drug-likeness (QED) is 0.659. The zero-order valence-electron chi connectivity index (χ0n) is 17.3. The van der Waals surface area contributed by atoms with E-state index in [0.29, 0.717) is 36.1 Å². The van der Waals surface area contributed by atoms with Crippen LogP contribution in [0.3, 0.4) is 0 Å². The monoisotopic (exact) mass is 423 g/mol. The molecule has 0 bridgehead atoms. The molecule has 1 fully saturated rings. The number of aliphatic hydroxyl groups is 1. The maximum Gasteiger partial charge on any atom is 0.247 e. The molecule has 1 saturated heterocycles. The lowest BCUT2D eigenvalue weighted by Crippen LogP contribution is -2.50. The summed E-state index contributed by atoms with van der Waals surface area (Å²) in [5, 5.41) is 28.7. The number of likely N-dealkylation sites (tertiary alicyclic amines) is 1. The van der Waals surface area contributed by atoms with Crippen LogP contribution in [0.2, 0.25) is 0 Å². The lowest BCUT2D eigenvalue weighted by Gasteiger charge is -2.45. The minimum Gasteiger partial charge on any atom is -0.504 e. The third-order valence-corrected chi connectivity index (χ3v) is 6.19. The Balaban J connectivity index is 1.23. The molecular weight excluding hydrogens is 398 g/mol. The summed E-state index contributed by atoms with van der Waals surface area (Å²) in [7, 11) is 1.49. The van der Waals surface area contributed by atoms with Crippen molar-refractivity contribution in [3.63, 3.8) is 0 Å². The number of aliphatic hydroxyl groups excluding tert-OH is 1. The normalized spacial score (nSPS) is 20.3. The molecule has 5 rings (SSSR count). The summed E-state index contributed by atoms with van der Waals surface area (Å²) in [6, 6.07) is 12.7. The van der Waals surface area contributed by atoms with Gasteiger partial charge in [0, 0.05) is 30.6 Å². The van der Waals surface area contributed by atoms with Gasteiger partial charge in [-0.3, -0.25) is 4.90 Å². The number of ether oxygens (including phenoxy) is 2. The van der Waals surface area contributed by atoms with E-state index in [-0.39, 0.29) is 11.4 Å². The van der Waals surface area contributed by atoms with Crippen LogP contribution in [0.15, 0.2) is 46.9 Å². The van der Waals surface area contributed by atoms with E-state index < -0.39 is 6.10 Å². The summed E-state index contributed by atoms with van der Waals surface area (Å²) >= 11 is 0. The topological polar surface area (TPSA) is 101 Å². The van der Waals surface area contributed by atoms with Crippen LogP contribution in [0, 0.1) is 0 Å². The van der Waals surface area contributed by atoms with E-state index in [0.717, 1.165) is 37.2 Å². The summed E-state index contributed by atoms with van der Waals surface area (Å²) in [5.74, 6) is 2.13. The standard InChI is InChI=1S/C23H25N3O5/c1-29-20-12-15(6-7-17(20)27)22-25-24-21(30-22)14-26-10-8-23(9-11-26)13-18(28)16-4-2-3-5-19(16)31-23/h2-7,12,18,27-28H,8-11,13-14H2,1H3. The third-order valence-electron chi connectivity index (χ3n) is 6.19. The fourth-order valence-corrected chi connectivity index (χ4v) is 4.45. The van der Waals surface area contributed by atoms with Crippen molar-refractivity contribution >= 4 is 0 Å². The molecule has 1 aromatic heterocycles. The van der Waals surface area contributed by atoms with Crippen molar-refractivity contribution in [1.29, 1.82) is 0 Å². The minimum atomic E-state index is -0.489. The summed E-state index contributed by atoms with van der Waals surface area (Å²) in [6.45, 7) is 2.19. The molecule has 8 heteroatoms. The molecule has 1 spiro atoms. The van der Waals surface area contributed by atoms with E-state index in [1.807, 2.05) is 24.3 Å². The number of para-hydroxylation sites is 1. The van der Waals surface area contributed by atoms with Gasteiger partial charge in [-0.1, -0.05) is 18.2 Å². The van der Waals surface area contributed by atoms with Crippen LogP contribution in [0.1, 0.15) is 36.8 Å². The molecule has 2 N–H and O–H groups in total. The van der Waals surface area contributed by atoms with E-state index >= 15 is 0 Å². The van der Waals surface area contributed by atoms with Gasteiger partial charge in [0.2, 0.25) is 11.8 Å². The Morgan fingerprint density at radius 2 is 1.97 bits per heavy atom. The molecule has 1 unspecified atom stereocenters. The van der Waals surface area contributed by atoms with Gasteiger partial charge in [-0.05, 0) is 37.1 Å². The van der Waals surface area contributed by atoms with Gasteiger partial charge in [-0.2, -0.15) is 0 Å². The SMILES string of the molecule is COc1cc(-c2nnc(CN3CCC4(CC3)CC(O)c3ccccc3O4)o2)ccc1O. The lowest BCUT2D eigenvalue weighted by atomic mass is 9.81. The summed E-state index contributed by atoms with van der Waals surface area (Å²) < 4.78 is 17.3. The van der Waals surface area contributed by atoms with Crippen molar-refractivity contribution in [1.82, 2.24) is 15.1 Å². The number of nitrogens with zero attached hydrogens (tertiary/aromatic N) is 3. The number of benzene rings is 2. The maximum atomic E-state index is 10.6. The highest BCUT2D eigenvalue weighted by atomic mass is 16.5. The number of phenols is 1. The summed E-state index contributed by atoms with van der Waals surface area (Å²) in [4.78, 5) is 2.26.